The number of hydrogen-bond donors (Lipinski definition) is 3. The van der Waals surface area contributed by atoms with Crippen molar-refractivity contribution in [1.82, 2.24) is 5.32 Å². The van der Waals surface area contributed by atoms with Crippen molar-refractivity contribution < 1.29 is 14.4 Å². The number of quaternary nitrogens is 1. The van der Waals surface area contributed by atoms with Gasteiger partial charge in [-0.25, -0.2) is 4.79 Å². The molecule has 1 fully saturated rings. The lowest BCUT2D eigenvalue weighted by Crippen LogP contribution is -3.15. The number of hydrogen-bond acceptors (Lipinski definition) is 3. The van der Waals surface area contributed by atoms with Crippen molar-refractivity contribution in [2.24, 2.45) is 0 Å². The van der Waals surface area contributed by atoms with Crippen LogP contribution in [0.5, 0.6) is 5.75 Å². The topological polar surface area (TPSA) is 58.0 Å². The molecule has 150 valence electrons. The lowest BCUT2D eigenvalue weighted by Gasteiger charge is -2.34. The Morgan fingerprint density at radius 3 is 2.61 bits per heavy atom. The van der Waals surface area contributed by atoms with Crippen LogP contribution < -0.4 is 25.2 Å². The maximum Gasteiger partial charge on any atom is 0.319 e. The fourth-order valence-corrected chi connectivity index (χ4v) is 3.61. The highest BCUT2D eigenvalue weighted by Gasteiger charge is 2.21. The van der Waals surface area contributed by atoms with E-state index in [0.717, 1.165) is 55.4 Å². The zero-order valence-electron chi connectivity index (χ0n) is 17.0. The van der Waals surface area contributed by atoms with Gasteiger partial charge in [-0.1, -0.05) is 24.3 Å². The van der Waals surface area contributed by atoms with Crippen LogP contribution in [0.2, 0.25) is 0 Å². The molecule has 2 aromatic rings. The summed E-state index contributed by atoms with van der Waals surface area (Å²) in [5, 5.41) is 5.93. The first-order valence-electron chi connectivity index (χ1n) is 9.91. The third kappa shape index (κ3) is 4.95. The molecule has 6 heteroatoms. The molecule has 2 amide bonds. The van der Waals surface area contributed by atoms with Crippen molar-refractivity contribution in [2.75, 3.05) is 56.6 Å². The fourth-order valence-electron chi connectivity index (χ4n) is 3.61. The molecule has 0 saturated carbocycles. The molecule has 3 N–H and O–H groups in total. The molecular formula is C22H31N4O2+. The summed E-state index contributed by atoms with van der Waals surface area (Å²) in [5.74, 6) is 0.927. The van der Waals surface area contributed by atoms with Crippen molar-refractivity contribution in [1.29, 1.82) is 0 Å². The van der Waals surface area contributed by atoms with Gasteiger partial charge in [0.05, 0.1) is 52.1 Å². The smallest absolute Gasteiger partial charge is 0.319 e. The zero-order chi connectivity index (χ0) is 19.9. The number of anilines is 2. The third-order valence-corrected chi connectivity index (χ3v) is 5.51. The second-order valence-electron chi connectivity index (χ2n) is 7.29. The molecular weight excluding hydrogens is 352 g/mol. The number of para-hydroxylation sites is 2. The number of carbonyl (C=O) groups is 1. The van der Waals surface area contributed by atoms with Gasteiger partial charge >= 0.3 is 6.03 Å². The van der Waals surface area contributed by atoms with Gasteiger partial charge in [0.15, 0.2) is 0 Å². The molecule has 0 aliphatic carbocycles. The number of nitrogens with zero attached hydrogens (tertiary/aromatic N) is 1. The van der Waals surface area contributed by atoms with E-state index in [1.54, 1.807) is 7.11 Å². The Morgan fingerprint density at radius 1 is 1.11 bits per heavy atom. The van der Waals surface area contributed by atoms with E-state index in [-0.39, 0.29) is 6.03 Å². The van der Waals surface area contributed by atoms with Gasteiger partial charge in [0.1, 0.15) is 5.75 Å². The number of piperazine rings is 1. The van der Waals surface area contributed by atoms with E-state index < -0.39 is 0 Å². The Kier molecular flexibility index (Phi) is 6.76. The summed E-state index contributed by atoms with van der Waals surface area (Å²) in [4.78, 5) is 16.1. The standard InChI is InChI=1S/C22H30N4O2/c1-17-7-6-8-19(18(17)2)24-22(27)23-11-12-25-13-15-26(16-14-25)20-9-4-5-10-21(20)28-3/h4-10H,11-16H2,1-3H3,(H2,23,24,27)/p+1. The number of amides is 2. The molecule has 2 aromatic carbocycles. The van der Waals surface area contributed by atoms with E-state index >= 15 is 0 Å². The molecule has 0 spiro atoms. The largest absolute Gasteiger partial charge is 0.495 e. The van der Waals surface area contributed by atoms with E-state index in [1.165, 1.54) is 10.5 Å². The molecule has 3 rings (SSSR count). The molecule has 6 nitrogen and oxygen atoms in total. The van der Waals surface area contributed by atoms with Crippen LogP contribution in [0, 0.1) is 13.8 Å². The first-order chi connectivity index (χ1) is 13.6. The summed E-state index contributed by atoms with van der Waals surface area (Å²) < 4.78 is 5.48. The van der Waals surface area contributed by atoms with Crippen molar-refractivity contribution in [3.05, 3.63) is 53.6 Å². The summed E-state index contributed by atoms with van der Waals surface area (Å²) in [7, 11) is 1.72. The maximum absolute atomic E-state index is 12.2. The van der Waals surface area contributed by atoms with Gasteiger partial charge in [0, 0.05) is 5.69 Å². The number of rotatable bonds is 6. The van der Waals surface area contributed by atoms with Crippen LogP contribution in [-0.2, 0) is 0 Å². The van der Waals surface area contributed by atoms with Gasteiger partial charge in [-0.15, -0.1) is 0 Å². The molecule has 28 heavy (non-hydrogen) atoms. The van der Waals surface area contributed by atoms with Crippen LogP contribution in [-0.4, -0.2) is 52.4 Å². The number of urea groups is 1. The van der Waals surface area contributed by atoms with Gasteiger partial charge in [-0.2, -0.15) is 0 Å². The molecule has 1 aliphatic heterocycles. The van der Waals surface area contributed by atoms with Crippen LogP contribution in [0.15, 0.2) is 42.5 Å². The van der Waals surface area contributed by atoms with Crippen LogP contribution >= 0.6 is 0 Å². The highest BCUT2D eigenvalue weighted by molar-refractivity contribution is 5.90. The Bertz CT molecular complexity index is 801. The maximum atomic E-state index is 12.2. The average Bonchev–Trinajstić information content (AvgIpc) is 2.72. The average molecular weight is 384 g/mol. The normalized spacial score (nSPS) is 14.6. The van der Waals surface area contributed by atoms with E-state index in [0.29, 0.717) is 6.54 Å². The Labute approximate surface area is 167 Å². The van der Waals surface area contributed by atoms with Gasteiger partial charge in [0.25, 0.3) is 0 Å². The summed E-state index contributed by atoms with van der Waals surface area (Å²) >= 11 is 0. The lowest BCUT2D eigenvalue weighted by atomic mass is 10.1. The second kappa shape index (κ2) is 9.46. The Hall–Kier alpha value is -2.73. The molecule has 0 atom stereocenters. The summed E-state index contributed by atoms with van der Waals surface area (Å²) in [6, 6.07) is 14.0. The van der Waals surface area contributed by atoms with Crippen molar-refractivity contribution in [3.8, 4) is 5.75 Å². The van der Waals surface area contributed by atoms with E-state index in [2.05, 4.69) is 27.7 Å². The molecule has 0 bridgehead atoms. The number of benzene rings is 2. The van der Waals surface area contributed by atoms with E-state index in [1.807, 2.05) is 44.2 Å². The summed E-state index contributed by atoms with van der Waals surface area (Å²) in [6.07, 6.45) is 0. The highest BCUT2D eigenvalue weighted by atomic mass is 16.5. The van der Waals surface area contributed by atoms with E-state index in [4.69, 9.17) is 4.74 Å². The van der Waals surface area contributed by atoms with Gasteiger partial charge < -0.3 is 25.2 Å². The summed E-state index contributed by atoms with van der Waals surface area (Å²) in [5.41, 5.74) is 4.32. The first-order valence-corrected chi connectivity index (χ1v) is 9.91. The van der Waals surface area contributed by atoms with Crippen LogP contribution in [0.1, 0.15) is 11.1 Å². The minimum atomic E-state index is -0.138. The van der Waals surface area contributed by atoms with Crippen molar-refractivity contribution >= 4 is 17.4 Å². The van der Waals surface area contributed by atoms with Crippen LogP contribution in [0.25, 0.3) is 0 Å². The molecule has 0 aromatic heterocycles. The molecule has 1 aliphatic rings. The minimum absolute atomic E-state index is 0.138. The number of carbonyl (C=O) groups excluding carboxylic acids is 1. The Morgan fingerprint density at radius 2 is 1.86 bits per heavy atom. The first kappa shape index (κ1) is 20.0. The number of methoxy groups -OCH3 is 1. The predicted octanol–water partition coefficient (Wildman–Crippen LogP) is 1.84. The van der Waals surface area contributed by atoms with Crippen LogP contribution in [0.3, 0.4) is 0 Å². The Balaban J connectivity index is 1.41. The SMILES string of the molecule is COc1ccccc1N1CC[NH+](CCNC(=O)Nc2cccc(C)c2C)CC1. The molecule has 0 unspecified atom stereocenters. The number of ether oxygens (including phenoxy) is 1. The van der Waals surface area contributed by atoms with Gasteiger partial charge in [-0.3, -0.25) is 0 Å². The highest BCUT2D eigenvalue weighted by Crippen LogP contribution is 2.27. The zero-order valence-corrected chi connectivity index (χ0v) is 17.0. The van der Waals surface area contributed by atoms with Crippen molar-refractivity contribution in [2.45, 2.75) is 13.8 Å². The number of nitrogens with one attached hydrogen (secondary N) is 3. The van der Waals surface area contributed by atoms with E-state index in [9.17, 15) is 4.79 Å². The second-order valence-corrected chi connectivity index (χ2v) is 7.29. The minimum Gasteiger partial charge on any atom is -0.495 e. The fraction of sp³-hybridized carbons (Fsp3) is 0.409. The monoisotopic (exact) mass is 383 g/mol. The van der Waals surface area contributed by atoms with Gasteiger partial charge in [0.2, 0.25) is 0 Å². The number of aryl methyl sites for hydroxylation is 1. The van der Waals surface area contributed by atoms with Crippen molar-refractivity contribution in [3.63, 3.8) is 0 Å². The third-order valence-electron chi connectivity index (χ3n) is 5.51. The molecule has 0 radical (unpaired) electrons. The predicted molar refractivity (Wildman–Crippen MR) is 114 cm³/mol. The molecule has 1 saturated heterocycles. The lowest BCUT2D eigenvalue weighted by molar-refractivity contribution is -0.899. The van der Waals surface area contributed by atoms with Gasteiger partial charge in [-0.05, 0) is 43.2 Å². The molecule has 1 heterocycles. The quantitative estimate of drug-likeness (QED) is 0.713. The van der Waals surface area contributed by atoms with Crippen LogP contribution in [0.4, 0.5) is 16.2 Å². The summed E-state index contributed by atoms with van der Waals surface area (Å²) in [6.45, 7) is 9.76.